The molecule has 114 valence electrons. The zero-order valence-electron chi connectivity index (χ0n) is 12.0. The first-order chi connectivity index (χ1) is 10.0. The van der Waals surface area contributed by atoms with Crippen molar-refractivity contribution in [3.05, 3.63) is 24.3 Å². The van der Waals surface area contributed by atoms with E-state index in [9.17, 15) is 14.4 Å². The molecular weight excluding hydrogens is 292 g/mol. The number of carbonyl (C=O) groups is 3. The average Bonchev–Trinajstić information content (AvgIpc) is 2.38. The van der Waals surface area contributed by atoms with Crippen LogP contribution < -0.4 is 10.6 Å². The lowest BCUT2D eigenvalue weighted by molar-refractivity contribution is -0.139. The maximum Gasteiger partial charge on any atom is 0.315 e. The predicted octanol–water partition coefficient (Wildman–Crippen LogP) is 1.88. The molecule has 0 spiro atoms. The number of benzene rings is 1. The Hall–Kier alpha value is -2.02. The maximum atomic E-state index is 11.7. The molecule has 0 bridgehead atoms. The second-order valence-electron chi connectivity index (χ2n) is 4.11. The van der Waals surface area contributed by atoms with Crippen molar-refractivity contribution >= 4 is 40.9 Å². The highest BCUT2D eigenvalue weighted by Crippen LogP contribution is 2.15. The zero-order valence-corrected chi connectivity index (χ0v) is 12.8. The molecule has 0 aliphatic heterocycles. The molecule has 0 atom stereocenters. The summed E-state index contributed by atoms with van der Waals surface area (Å²) in [7, 11) is 0. The van der Waals surface area contributed by atoms with Crippen LogP contribution in [0, 0.1) is 0 Å². The lowest BCUT2D eigenvalue weighted by atomic mass is 10.2. The largest absolute Gasteiger partial charge is 0.465 e. The van der Waals surface area contributed by atoms with Gasteiger partial charge in [-0.05, 0) is 25.1 Å². The molecule has 1 rings (SSSR count). The van der Waals surface area contributed by atoms with Crippen molar-refractivity contribution in [2.75, 3.05) is 28.7 Å². The molecule has 0 fully saturated rings. The Balaban J connectivity index is 2.40. The fourth-order valence-electron chi connectivity index (χ4n) is 1.50. The number of hydrogen-bond donors (Lipinski definition) is 2. The molecule has 2 amide bonds. The summed E-state index contributed by atoms with van der Waals surface area (Å²) in [5.41, 5.74) is 1.20. The Bertz CT molecular complexity index is 519. The first-order valence-corrected chi connectivity index (χ1v) is 7.57. The topological polar surface area (TPSA) is 84.5 Å². The van der Waals surface area contributed by atoms with Crippen LogP contribution in [-0.2, 0) is 19.1 Å². The molecule has 0 aliphatic rings. The van der Waals surface area contributed by atoms with Crippen molar-refractivity contribution < 1.29 is 19.1 Å². The smallest absolute Gasteiger partial charge is 0.315 e. The molecule has 6 nitrogen and oxygen atoms in total. The van der Waals surface area contributed by atoms with Crippen LogP contribution in [-0.4, -0.2) is 35.9 Å². The number of ether oxygens (including phenoxy) is 1. The highest BCUT2D eigenvalue weighted by molar-refractivity contribution is 8.00. The standard InChI is InChI=1S/C14H18N2O4S/c1-3-20-14(19)9-21-8-13(18)16-12-6-4-5-11(7-12)15-10(2)17/h4-7H,3,8-9H2,1-2H3,(H,15,17)(H,16,18). The fraction of sp³-hybridized carbons (Fsp3) is 0.357. The van der Waals surface area contributed by atoms with E-state index in [2.05, 4.69) is 10.6 Å². The molecule has 0 unspecified atom stereocenters. The molecule has 7 heteroatoms. The quantitative estimate of drug-likeness (QED) is 0.751. The van der Waals surface area contributed by atoms with Gasteiger partial charge in [0.1, 0.15) is 0 Å². The van der Waals surface area contributed by atoms with Crippen molar-refractivity contribution in [3.8, 4) is 0 Å². The molecular formula is C14H18N2O4S. The summed E-state index contributed by atoms with van der Waals surface area (Å²) < 4.78 is 4.76. The van der Waals surface area contributed by atoms with Gasteiger partial charge in [-0.3, -0.25) is 14.4 Å². The molecule has 0 heterocycles. The Morgan fingerprint density at radius 1 is 1.14 bits per heavy atom. The third kappa shape index (κ3) is 7.36. The highest BCUT2D eigenvalue weighted by atomic mass is 32.2. The molecule has 0 aliphatic carbocycles. The summed E-state index contributed by atoms with van der Waals surface area (Å²) >= 11 is 1.19. The third-order valence-electron chi connectivity index (χ3n) is 2.23. The Morgan fingerprint density at radius 2 is 1.81 bits per heavy atom. The van der Waals surface area contributed by atoms with Crippen molar-refractivity contribution in [1.82, 2.24) is 0 Å². The van der Waals surface area contributed by atoms with Crippen LogP contribution in [0.2, 0.25) is 0 Å². The number of esters is 1. The van der Waals surface area contributed by atoms with Crippen LogP contribution in [0.25, 0.3) is 0 Å². The first-order valence-electron chi connectivity index (χ1n) is 6.42. The van der Waals surface area contributed by atoms with Crippen LogP contribution >= 0.6 is 11.8 Å². The van der Waals surface area contributed by atoms with Crippen molar-refractivity contribution in [2.45, 2.75) is 13.8 Å². The van der Waals surface area contributed by atoms with Gasteiger partial charge in [-0.1, -0.05) is 6.07 Å². The zero-order chi connectivity index (χ0) is 15.7. The average molecular weight is 310 g/mol. The van der Waals surface area contributed by atoms with Gasteiger partial charge in [-0.25, -0.2) is 0 Å². The van der Waals surface area contributed by atoms with E-state index in [0.717, 1.165) is 0 Å². The molecule has 0 radical (unpaired) electrons. The molecule has 2 N–H and O–H groups in total. The normalized spacial score (nSPS) is 9.81. The second-order valence-corrected chi connectivity index (χ2v) is 5.09. The van der Waals surface area contributed by atoms with Gasteiger partial charge >= 0.3 is 5.97 Å². The SMILES string of the molecule is CCOC(=O)CSCC(=O)Nc1cccc(NC(C)=O)c1. The summed E-state index contributed by atoms with van der Waals surface area (Å²) in [6, 6.07) is 6.84. The van der Waals surface area contributed by atoms with Gasteiger partial charge in [0, 0.05) is 18.3 Å². The van der Waals surface area contributed by atoms with E-state index in [1.54, 1.807) is 31.2 Å². The number of thioether (sulfide) groups is 1. The number of hydrogen-bond acceptors (Lipinski definition) is 5. The first kappa shape index (κ1) is 17.0. The Kier molecular flexibility index (Phi) is 7.31. The van der Waals surface area contributed by atoms with Crippen LogP contribution in [0.15, 0.2) is 24.3 Å². The third-order valence-corrected chi connectivity index (χ3v) is 3.13. The van der Waals surface area contributed by atoms with Gasteiger partial charge in [0.05, 0.1) is 18.1 Å². The number of carbonyl (C=O) groups excluding carboxylic acids is 3. The van der Waals surface area contributed by atoms with E-state index in [0.29, 0.717) is 18.0 Å². The molecule has 0 aromatic heterocycles. The van der Waals surface area contributed by atoms with Gasteiger partial charge in [0.25, 0.3) is 0 Å². The second kappa shape index (κ2) is 9.02. The molecule has 21 heavy (non-hydrogen) atoms. The van der Waals surface area contributed by atoms with E-state index in [4.69, 9.17) is 4.74 Å². The van der Waals surface area contributed by atoms with Crippen LogP contribution in [0.4, 0.5) is 11.4 Å². The summed E-state index contributed by atoms with van der Waals surface area (Å²) in [4.78, 5) is 33.8. The van der Waals surface area contributed by atoms with E-state index < -0.39 is 0 Å². The molecule has 0 saturated carbocycles. The summed E-state index contributed by atoms with van der Waals surface area (Å²) in [6.07, 6.45) is 0. The van der Waals surface area contributed by atoms with E-state index in [1.807, 2.05) is 0 Å². The van der Waals surface area contributed by atoms with Crippen molar-refractivity contribution in [3.63, 3.8) is 0 Å². The number of rotatable bonds is 7. The summed E-state index contributed by atoms with van der Waals surface area (Å²) in [5, 5.41) is 5.33. The fourth-order valence-corrected chi connectivity index (χ4v) is 2.11. The number of amides is 2. The minimum absolute atomic E-state index is 0.146. The van der Waals surface area contributed by atoms with Gasteiger partial charge in [0.2, 0.25) is 11.8 Å². The Morgan fingerprint density at radius 3 is 2.43 bits per heavy atom. The van der Waals surface area contributed by atoms with E-state index in [-0.39, 0.29) is 29.3 Å². The van der Waals surface area contributed by atoms with Gasteiger partial charge in [-0.2, -0.15) is 0 Å². The summed E-state index contributed by atoms with van der Waals surface area (Å²) in [5.74, 6) is -0.424. The summed E-state index contributed by atoms with van der Waals surface area (Å²) in [6.45, 7) is 3.48. The minimum atomic E-state index is -0.331. The van der Waals surface area contributed by atoms with Crippen molar-refractivity contribution in [2.24, 2.45) is 0 Å². The monoisotopic (exact) mass is 310 g/mol. The molecule has 1 aromatic carbocycles. The molecule has 0 saturated heterocycles. The Labute approximate surface area is 127 Å². The van der Waals surface area contributed by atoms with Crippen molar-refractivity contribution in [1.29, 1.82) is 0 Å². The van der Waals surface area contributed by atoms with E-state index >= 15 is 0 Å². The lowest BCUT2D eigenvalue weighted by Gasteiger charge is -2.07. The predicted molar refractivity (Wildman–Crippen MR) is 83.3 cm³/mol. The van der Waals surface area contributed by atoms with Gasteiger partial charge in [0.15, 0.2) is 0 Å². The molecule has 1 aromatic rings. The maximum absolute atomic E-state index is 11.7. The lowest BCUT2D eigenvalue weighted by Crippen LogP contribution is -2.16. The van der Waals surface area contributed by atoms with E-state index in [1.165, 1.54) is 18.7 Å². The highest BCUT2D eigenvalue weighted by Gasteiger charge is 2.07. The number of anilines is 2. The van der Waals surface area contributed by atoms with Gasteiger partial charge in [-0.15, -0.1) is 11.8 Å². The van der Waals surface area contributed by atoms with Crippen LogP contribution in [0.3, 0.4) is 0 Å². The van der Waals surface area contributed by atoms with Crippen LogP contribution in [0.5, 0.6) is 0 Å². The van der Waals surface area contributed by atoms with Gasteiger partial charge < -0.3 is 15.4 Å². The number of nitrogens with one attached hydrogen (secondary N) is 2. The minimum Gasteiger partial charge on any atom is -0.465 e. The van der Waals surface area contributed by atoms with Crippen LogP contribution in [0.1, 0.15) is 13.8 Å².